The molecule has 0 spiro atoms. The van der Waals surface area contributed by atoms with Crippen molar-refractivity contribution < 1.29 is 9.90 Å². The molecule has 0 atom stereocenters. The summed E-state index contributed by atoms with van der Waals surface area (Å²) in [4.78, 5) is 22.1. The first-order valence-corrected chi connectivity index (χ1v) is 6.50. The number of carbonyl (C=O) groups excluding carboxylic acids is 1. The van der Waals surface area contributed by atoms with E-state index in [9.17, 15) is 9.90 Å². The molecule has 1 N–H and O–H groups in total. The Hall–Kier alpha value is -1.20. The molecule has 0 fully saturated rings. The monoisotopic (exact) mass is 285 g/mol. The van der Waals surface area contributed by atoms with Gasteiger partial charge in [0.1, 0.15) is 5.82 Å². The van der Waals surface area contributed by atoms with Crippen LogP contribution in [-0.4, -0.2) is 45.1 Å². The van der Waals surface area contributed by atoms with Crippen molar-refractivity contribution in [3.05, 3.63) is 22.7 Å². The highest BCUT2D eigenvalue weighted by Gasteiger charge is 2.30. The van der Waals surface area contributed by atoms with Gasteiger partial charge in [-0.05, 0) is 13.8 Å². The summed E-state index contributed by atoms with van der Waals surface area (Å²) in [5, 5.41) is 9.53. The second kappa shape index (κ2) is 5.84. The number of hydrogen-bond donors (Lipinski definition) is 1. The average Bonchev–Trinajstić information content (AvgIpc) is 2.37. The Bertz CT molecular complexity index is 475. The Morgan fingerprint density at radius 1 is 1.53 bits per heavy atom. The molecule has 0 aliphatic heterocycles. The Morgan fingerprint density at radius 2 is 2.11 bits per heavy atom. The molecular weight excluding hydrogens is 266 g/mol. The number of nitrogens with zero attached hydrogens (tertiary/aromatic N) is 3. The first-order chi connectivity index (χ1) is 8.70. The van der Waals surface area contributed by atoms with Crippen molar-refractivity contribution in [3.8, 4) is 0 Å². The van der Waals surface area contributed by atoms with Gasteiger partial charge in [-0.25, -0.2) is 9.97 Å². The topological polar surface area (TPSA) is 66.3 Å². The van der Waals surface area contributed by atoms with E-state index in [0.717, 1.165) is 0 Å². The number of halogens is 1. The molecule has 106 valence electrons. The van der Waals surface area contributed by atoms with Gasteiger partial charge in [0, 0.05) is 13.0 Å². The fourth-order valence-electron chi connectivity index (χ4n) is 1.35. The lowest BCUT2D eigenvalue weighted by molar-refractivity contribution is 0.0467. The van der Waals surface area contributed by atoms with Gasteiger partial charge in [0.25, 0.3) is 5.91 Å². The maximum atomic E-state index is 12.4. The molecule has 5 nitrogen and oxygen atoms in total. The first-order valence-electron chi connectivity index (χ1n) is 6.12. The third-order valence-electron chi connectivity index (χ3n) is 3.08. The Labute approximate surface area is 118 Å². The van der Waals surface area contributed by atoms with Crippen molar-refractivity contribution >= 4 is 17.5 Å². The fraction of sp³-hybridized carbons (Fsp3) is 0.615. The van der Waals surface area contributed by atoms with Crippen molar-refractivity contribution in [3.63, 3.8) is 0 Å². The van der Waals surface area contributed by atoms with Crippen LogP contribution in [-0.2, 0) is 0 Å². The van der Waals surface area contributed by atoms with Crippen LogP contribution < -0.4 is 0 Å². The van der Waals surface area contributed by atoms with Gasteiger partial charge < -0.3 is 10.0 Å². The lowest BCUT2D eigenvalue weighted by atomic mass is 10.0. The zero-order chi connectivity index (χ0) is 14.8. The van der Waals surface area contributed by atoms with Gasteiger partial charge in [0.15, 0.2) is 5.69 Å². The van der Waals surface area contributed by atoms with Gasteiger partial charge in [-0.3, -0.25) is 4.79 Å². The molecule has 0 radical (unpaired) electrons. The summed E-state index contributed by atoms with van der Waals surface area (Å²) in [6.45, 7) is 7.28. The lowest BCUT2D eigenvalue weighted by Crippen LogP contribution is -2.48. The Balaban J connectivity index is 3.15. The van der Waals surface area contributed by atoms with Gasteiger partial charge >= 0.3 is 0 Å². The minimum atomic E-state index is -0.677. The molecule has 1 rings (SSSR count). The maximum absolute atomic E-state index is 12.4. The summed E-state index contributed by atoms with van der Waals surface area (Å²) in [5.74, 6) is 0.358. The van der Waals surface area contributed by atoms with E-state index in [1.54, 1.807) is 20.9 Å². The molecule has 0 aliphatic rings. The summed E-state index contributed by atoms with van der Waals surface area (Å²) in [6.07, 6.45) is 1.44. The first kappa shape index (κ1) is 15.9. The summed E-state index contributed by atoms with van der Waals surface area (Å²) in [6, 6.07) is 0. The quantitative estimate of drug-likeness (QED) is 0.920. The van der Waals surface area contributed by atoms with E-state index in [4.69, 9.17) is 11.6 Å². The molecule has 0 aliphatic carbocycles. The van der Waals surface area contributed by atoms with Gasteiger partial charge in [0.05, 0.1) is 23.4 Å². The lowest BCUT2D eigenvalue weighted by Gasteiger charge is -2.33. The van der Waals surface area contributed by atoms with Gasteiger partial charge in [-0.15, -0.1) is 0 Å². The van der Waals surface area contributed by atoms with Crippen LogP contribution in [0, 0.1) is 0 Å². The standard InChI is InChI=1S/C13H20ClN3O2/c1-8(2)11-15-6-9(14)10(16-11)12(19)17(5)13(3,4)7-18/h6,8,18H,7H2,1-5H3. The SMILES string of the molecule is CC(C)c1ncc(Cl)c(C(=O)N(C)C(C)(C)CO)n1. The molecule has 1 aromatic rings. The number of carbonyl (C=O) groups is 1. The van der Waals surface area contributed by atoms with E-state index in [0.29, 0.717) is 5.82 Å². The second-order valence-corrected chi connectivity index (χ2v) is 5.82. The molecule has 19 heavy (non-hydrogen) atoms. The summed E-state index contributed by atoms with van der Waals surface area (Å²) in [5.41, 5.74) is -0.506. The fourth-order valence-corrected chi connectivity index (χ4v) is 1.52. The van der Waals surface area contributed by atoms with Crippen molar-refractivity contribution in [2.75, 3.05) is 13.7 Å². The minimum Gasteiger partial charge on any atom is -0.394 e. The molecule has 1 heterocycles. The highest BCUT2D eigenvalue weighted by Crippen LogP contribution is 2.21. The average molecular weight is 286 g/mol. The number of aliphatic hydroxyl groups excluding tert-OH is 1. The molecule has 1 amide bonds. The summed E-state index contributed by atoms with van der Waals surface area (Å²) < 4.78 is 0. The maximum Gasteiger partial charge on any atom is 0.274 e. The van der Waals surface area contributed by atoms with Crippen LogP contribution in [0.5, 0.6) is 0 Å². The predicted molar refractivity (Wildman–Crippen MR) is 74.4 cm³/mol. The molecule has 6 heteroatoms. The highest BCUT2D eigenvalue weighted by atomic mass is 35.5. The summed E-state index contributed by atoms with van der Waals surface area (Å²) in [7, 11) is 1.62. The van der Waals surface area contributed by atoms with E-state index < -0.39 is 5.54 Å². The van der Waals surface area contributed by atoms with Crippen LogP contribution in [0.1, 0.15) is 49.9 Å². The minimum absolute atomic E-state index is 0.111. The second-order valence-electron chi connectivity index (χ2n) is 5.41. The highest BCUT2D eigenvalue weighted by molar-refractivity contribution is 6.33. The van der Waals surface area contributed by atoms with Crippen molar-refractivity contribution in [2.45, 2.75) is 39.2 Å². The smallest absolute Gasteiger partial charge is 0.274 e. The summed E-state index contributed by atoms with van der Waals surface area (Å²) >= 11 is 6.00. The van der Waals surface area contributed by atoms with Gasteiger partial charge in [-0.1, -0.05) is 25.4 Å². The largest absolute Gasteiger partial charge is 0.394 e. The van der Waals surface area contributed by atoms with Crippen LogP contribution in [0.4, 0.5) is 0 Å². The van der Waals surface area contributed by atoms with Crippen LogP contribution in [0.3, 0.4) is 0 Å². The van der Waals surface area contributed by atoms with E-state index in [2.05, 4.69) is 9.97 Å². The van der Waals surface area contributed by atoms with Gasteiger partial charge in [0.2, 0.25) is 0 Å². The Morgan fingerprint density at radius 3 is 2.58 bits per heavy atom. The molecule has 0 saturated heterocycles. The number of hydrogen-bond acceptors (Lipinski definition) is 4. The van der Waals surface area contributed by atoms with E-state index >= 15 is 0 Å². The molecular formula is C13H20ClN3O2. The van der Waals surface area contributed by atoms with Crippen molar-refractivity contribution in [2.24, 2.45) is 0 Å². The van der Waals surface area contributed by atoms with Crippen LogP contribution in [0.15, 0.2) is 6.20 Å². The molecule has 0 saturated carbocycles. The molecule has 0 bridgehead atoms. The molecule has 0 aromatic carbocycles. The Kier molecular flexibility index (Phi) is 4.87. The van der Waals surface area contributed by atoms with Crippen molar-refractivity contribution in [1.29, 1.82) is 0 Å². The van der Waals surface area contributed by atoms with Crippen LogP contribution >= 0.6 is 11.6 Å². The number of aromatic nitrogens is 2. The third kappa shape index (κ3) is 3.42. The molecule has 0 unspecified atom stereocenters. The van der Waals surface area contributed by atoms with Crippen LogP contribution in [0.25, 0.3) is 0 Å². The van der Waals surface area contributed by atoms with E-state index in [1.807, 2.05) is 13.8 Å². The number of rotatable bonds is 4. The molecule has 1 aromatic heterocycles. The number of aliphatic hydroxyl groups is 1. The van der Waals surface area contributed by atoms with Crippen LogP contribution in [0.2, 0.25) is 5.02 Å². The van der Waals surface area contributed by atoms with E-state index in [-0.39, 0.29) is 29.1 Å². The number of amides is 1. The normalized spacial score (nSPS) is 11.8. The number of likely N-dealkylation sites (N-methyl/N-ethyl adjacent to an activating group) is 1. The zero-order valence-corrected chi connectivity index (χ0v) is 12.7. The zero-order valence-electron chi connectivity index (χ0n) is 11.9. The predicted octanol–water partition coefficient (Wildman–Crippen LogP) is 2.10. The van der Waals surface area contributed by atoms with E-state index in [1.165, 1.54) is 11.1 Å². The third-order valence-corrected chi connectivity index (χ3v) is 3.36. The van der Waals surface area contributed by atoms with Crippen molar-refractivity contribution in [1.82, 2.24) is 14.9 Å². The van der Waals surface area contributed by atoms with Gasteiger partial charge in [-0.2, -0.15) is 0 Å².